The third kappa shape index (κ3) is 2.54. The predicted molar refractivity (Wildman–Crippen MR) is 88.6 cm³/mol. The van der Waals surface area contributed by atoms with Crippen molar-refractivity contribution in [1.82, 2.24) is 24.6 Å². The smallest absolute Gasteiger partial charge is 0.324 e. The largest absolute Gasteiger partial charge is 0.336 e. The second-order valence-corrected chi connectivity index (χ2v) is 6.71. The molecule has 2 aromatic heterocycles. The summed E-state index contributed by atoms with van der Waals surface area (Å²) in [7, 11) is 1.81. The lowest BCUT2D eigenvalue weighted by molar-refractivity contribution is 0.229. The number of urea groups is 1. The highest BCUT2D eigenvalue weighted by Gasteiger charge is 2.32. The van der Waals surface area contributed by atoms with E-state index >= 15 is 0 Å². The van der Waals surface area contributed by atoms with Crippen LogP contribution in [0.2, 0.25) is 0 Å². The summed E-state index contributed by atoms with van der Waals surface area (Å²) in [6.45, 7) is 3.10. The summed E-state index contributed by atoms with van der Waals surface area (Å²) < 4.78 is 2.80. The molecule has 0 bridgehead atoms. The molecular formula is C14H16BrN7O. The number of halogens is 1. The number of rotatable bonds is 3. The van der Waals surface area contributed by atoms with Gasteiger partial charge in [-0.1, -0.05) is 0 Å². The van der Waals surface area contributed by atoms with Crippen molar-refractivity contribution in [1.29, 1.82) is 0 Å². The molecule has 2 aromatic rings. The van der Waals surface area contributed by atoms with Crippen LogP contribution in [0, 0.1) is 0 Å². The monoisotopic (exact) mass is 377 g/mol. The Kier molecular flexibility index (Phi) is 3.44. The molecule has 2 aliphatic rings. The zero-order valence-electron chi connectivity index (χ0n) is 12.6. The van der Waals surface area contributed by atoms with Crippen LogP contribution in [0.1, 0.15) is 6.04 Å². The molecule has 4 rings (SSSR count). The molecule has 23 heavy (non-hydrogen) atoms. The molecule has 120 valence electrons. The first kappa shape index (κ1) is 14.4. The maximum Gasteiger partial charge on any atom is 0.324 e. The Morgan fingerprint density at radius 1 is 1.17 bits per heavy atom. The lowest BCUT2D eigenvalue weighted by Gasteiger charge is -2.39. The Morgan fingerprint density at radius 2 is 1.91 bits per heavy atom. The van der Waals surface area contributed by atoms with Crippen molar-refractivity contribution < 1.29 is 4.79 Å². The molecule has 0 radical (unpaired) electrons. The number of likely N-dealkylation sites (N-methyl/N-ethyl adjacent to an activating group) is 1. The van der Waals surface area contributed by atoms with Crippen LogP contribution in [-0.2, 0) is 0 Å². The van der Waals surface area contributed by atoms with Gasteiger partial charge < -0.3 is 9.80 Å². The van der Waals surface area contributed by atoms with Gasteiger partial charge in [0.25, 0.3) is 0 Å². The molecule has 0 spiro atoms. The van der Waals surface area contributed by atoms with Gasteiger partial charge >= 0.3 is 6.03 Å². The molecule has 0 saturated carbocycles. The van der Waals surface area contributed by atoms with Crippen LogP contribution in [0.25, 0.3) is 0 Å². The standard InChI is InChI=1S/C14H16BrN7O/c1-19-2-3-21(14(19)23)11-6-18-22(9-11)12-7-20(8-12)13-16-4-10(15)5-17-13/h4-6,9,12H,2-3,7-8H2,1H3. The molecule has 2 amide bonds. The average Bonchev–Trinajstić information content (AvgIpc) is 3.08. The first-order valence-electron chi connectivity index (χ1n) is 7.41. The van der Waals surface area contributed by atoms with Gasteiger partial charge in [-0.25, -0.2) is 14.8 Å². The normalized spacial score (nSPS) is 18.7. The van der Waals surface area contributed by atoms with Crippen LogP contribution in [-0.4, -0.2) is 63.9 Å². The highest BCUT2D eigenvalue weighted by atomic mass is 79.9. The summed E-state index contributed by atoms with van der Waals surface area (Å²) >= 11 is 3.33. The number of anilines is 2. The van der Waals surface area contributed by atoms with Crippen LogP contribution >= 0.6 is 15.9 Å². The summed E-state index contributed by atoms with van der Waals surface area (Å²) in [5.41, 5.74) is 0.859. The van der Waals surface area contributed by atoms with E-state index in [0.29, 0.717) is 6.54 Å². The average molecular weight is 378 g/mol. The van der Waals surface area contributed by atoms with Crippen molar-refractivity contribution >= 4 is 33.6 Å². The third-order valence-electron chi connectivity index (χ3n) is 4.24. The number of carbonyl (C=O) groups excluding carboxylic acids is 1. The first-order valence-corrected chi connectivity index (χ1v) is 8.20. The summed E-state index contributed by atoms with van der Waals surface area (Å²) in [5.74, 6) is 0.730. The second-order valence-electron chi connectivity index (χ2n) is 5.79. The van der Waals surface area contributed by atoms with Gasteiger partial charge in [0.1, 0.15) is 0 Å². The van der Waals surface area contributed by atoms with E-state index in [1.165, 1.54) is 0 Å². The van der Waals surface area contributed by atoms with E-state index in [0.717, 1.165) is 35.7 Å². The van der Waals surface area contributed by atoms with Crippen molar-refractivity contribution in [2.75, 3.05) is 43.0 Å². The Bertz CT molecular complexity index is 725. The molecule has 2 saturated heterocycles. The van der Waals surface area contributed by atoms with Crippen LogP contribution in [0.3, 0.4) is 0 Å². The summed E-state index contributed by atoms with van der Waals surface area (Å²) in [6.07, 6.45) is 7.20. The fourth-order valence-electron chi connectivity index (χ4n) is 2.81. The number of amides is 2. The van der Waals surface area contributed by atoms with Crippen molar-refractivity contribution in [3.63, 3.8) is 0 Å². The minimum absolute atomic E-state index is 0.0306. The minimum Gasteiger partial charge on any atom is -0.336 e. The second kappa shape index (κ2) is 5.48. The summed E-state index contributed by atoms with van der Waals surface area (Å²) in [6, 6.07) is 0.314. The maximum absolute atomic E-state index is 12.0. The highest BCUT2D eigenvalue weighted by Crippen LogP contribution is 2.27. The van der Waals surface area contributed by atoms with E-state index in [1.807, 2.05) is 17.9 Å². The van der Waals surface area contributed by atoms with E-state index in [-0.39, 0.29) is 12.1 Å². The van der Waals surface area contributed by atoms with E-state index < -0.39 is 0 Å². The van der Waals surface area contributed by atoms with Crippen LogP contribution in [0.5, 0.6) is 0 Å². The first-order chi connectivity index (χ1) is 11.1. The Morgan fingerprint density at radius 3 is 2.57 bits per heavy atom. The van der Waals surface area contributed by atoms with Crippen LogP contribution < -0.4 is 9.80 Å². The summed E-state index contributed by atoms with van der Waals surface area (Å²) in [5, 5.41) is 4.41. The van der Waals surface area contributed by atoms with Gasteiger partial charge in [0.2, 0.25) is 5.95 Å². The fourth-order valence-corrected chi connectivity index (χ4v) is 3.01. The van der Waals surface area contributed by atoms with E-state index in [2.05, 4.69) is 35.9 Å². The van der Waals surface area contributed by atoms with Crippen molar-refractivity contribution in [2.24, 2.45) is 0 Å². The molecule has 4 heterocycles. The quantitative estimate of drug-likeness (QED) is 0.807. The van der Waals surface area contributed by atoms with Crippen molar-refractivity contribution in [3.8, 4) is 0 Å². The molecule has 2 aliphatic heterocycles. The zero-order valence-corrected chi connectivity index (χ0v) is 14.2. The number of carbonyl (C=O) groups is 1. The molecule has 8 nitrogen and oxygen atoms in total. The number of hydrogen-bond donors (Lipinski definition) is 0. The van der Waals surface area contributed by atoms with Gasteiger partial charge in [-0.2, -0.15) is 5.10 Å². The van der Waals surface area contributed by atoms with Gasteiger partial charge in [0.05, 0.1) is 22.4 Å². The van der Waals surface area contributed by atoms with Crippen molar-refractivity contribution in [2.45, 2.75) is 6.04 Å². The van der Waals surface area contributed by atoms with E-state index in [1.54, 1.807) is 28.4 Å². The Labute approximate surface area is 141 Å². The molecule has 2 fully saturated rings. The van der Waals surface area contributed by atoms with Gasteiger partial charge in [-0.15, -0.1) is 0 Å². The third-order valence-corrected chi connectivity index (χ3v) is 4.65. The molecule has 0 N–H and O–H groups in total. The number of nitrogens with zero attached hydrogens (tertiary/aromatic N) is 7. The van der Waals surface area contributed by atoms with Crippen molar-refractivity contribution in [3.05, 3.63) is 29.3 Å². The van der Waals surface area contributed by atoms with Gasteiger partial charge in [0.15, 0.2) is 0 Å². The molecule has 0 atom stereocenters. The van der Waals surface area contributed by atoms with Gasteiger partial charge in [0, 0.05) is 51.8 Å². The number of hydrogen-bond acceptors (Lipinski definition) is 5. The zero-order chi connectivity index (χ0) is 16.0. The predicted octanol–water partition coefficient (Wildman–Crippen LogP) is 1.37. The highest BCUT2D eigenvalue weighted by molar-refractivity contribution is 9.10. The lowest BCUT2D eigenvalue weighted by Crippen LogP contribution is -2.48. The van der Waals surface area contributed by atoms with E-state index in [4.69, 9.17) is 0 Å². The molecule has 0 unspecified atom stereocenters. The molecular weight excluding hydrogens is 362 g/mol. The lowest BCUT2D eigenvalue weighted by atomic mass is 10.1. The number of aromatic nitrogens is 4. The fraction of sp³-hybridized carbons (Fsp3) is 0.429. The minimum atomic E-state index is 0.0306. The van der Waals surface area contributed by atoms with Crippen LogP contribution in [0.4, 0.5) is 16.4 Å². The molecule has 0 aromatic carbocycles. The Balaban J connectivity index is 1.41. The summed E-state index contributed by atoms with van der Waals surface area (Å²) in [4.78, 5) is 26.2. The van der Waals surface area contributed by atoms with E-state index in [9.17, 15) is 4.79 Å². The molecule has 9 heteroatoms. The van der Waals surface area contributed by atoms with Gasteiger partial charge in [-0.3, -0.25) is 9.58 Å². The maximum atomic E-state index is 12.0. The van der Waals surface area contributed by atoms with Crippen LogP contribution in [0.15, 0.2) is 29.3 Å². The topological polar surface area (TPSA) is 70.4 Å². The molecule has 0 aliphatic carbocycles. The SMILES string of the molecule is CN1CCN(c2cnn(C3CN(c4ncc(Br)cn4)C3)c2)C1=O. The van der Waals surface area contributed by atoms with Gasteiger partial charge in [-0.05, 0) is 15.9 Å². The Hall–Kier alpha value is -2.16.